The molecule has 7 heteroatoms. The van der Waals surface area contributed by atoms with Crippen LogP contribution in [-0.2, 0) is 20.0 Å². The van der Waals surface area contributed by atoms with Gasteiger partial charge in [-0.2, -0.15) is 8.42 Å². The molecule has 0 spiro atoms. The molecule has 0 saturated heterocycles. The van der Waals surface area contributed by atoms with Crippen LogP contribution in [-0.4, -0.2) is 27.1 Å². The third-order valence-electron chi connectivity index (χ3n) is 1.86. The average Bonchev–Trinajstić information content (AvgIpc) is 2.17. The van der Waals surface area contributed by atoms with Crippen molar-refractivity contribution in [2.24, 2.45) is 0 Å². The Kier molecular flexibility index (Phi) is 3.17. The molecule has 0 fully saturated rings. The van der Waals surface area contributed by atoms with Gasteiger partial charge in [-0.3, -0.25) is 4.55 Å². The summed E-state index contributed by atoms with van der Waals surface area (Å²) in [6.45, 7) is 1.49. The summed E-state index contributed by atoms with van der Waals surface area (Å²) in [5, 5.41) is 0. The zero-order chi connectivity index (χ0) is 11.7. The van der Waals surface area contributed by atoms with Crippen molar-refractivity contribution in [3.05, 3.63) is 24.3 Å². The number of benzene rings is 1. The molecule has 0 radical (unpaired) electrons. The fourth-order valence-corrected chi connectivity index (χ4v) is 2.35. The van der Waals surface area contributed by atoms with E-state index >= 15 is 0 Å². The van der Waals surface area contributed by atoms with Gasteiger partial charge < -0.3 is 0 Å². The van der Waals surface area contributed by atoms with Gasteiger partial charge in [0.2, 0.25) is 0 Å². The molecule has 0 saturated carbocycles. The molecule has 5 nitrogen and oxygen atoms in total. The first-order valence-corrected chi connectivity index (χ1v) is 7.17. The van der Waals surface area contributed by atoms with Crippen molar-refractivity contribution in [1.82, 2.24) is 0 Å². The quantitative estimate of drug-likeness (QED) is 0.799. The molecule has 0 aromatic heterocycles. The molecule has 1 N–H and O–H groups in total. The summed E-state index contributed by atoms with van der Waals surface area (Å²) in [5.74, 6) is -0.0573. The van der Waals surface area contributed by atoms with Crippen molar-refractivity contribution in [1.29, 1.82) is 0 Å². The van der Waals surface area contributed by atoms with Gasteiger partial charge in [0.1, 0.15) is 0 Å². The largest absolute Gasteiger partial charge is 0.294 e. The van der Waals surface area contributed by atoms with E-state index in [1.54, 1.807) is 0 Å². The number of rotatable bonds is 3. The molecule has 84 valence electrons. The SMILES string of the molecule is CCS(=O)(=O)c1ccc(S(=O)(=O)O)cc1. The highest BCUT2D eigenvalue weighted by molar-refractivity contribution is 7.91. The van der Waals surface area contributed by atoms with Crippen molar-refractivity contribution < 1.29 is 21.4 Å². The van der Waals surface area contributed by atoms with Crippen LogP contribution >= 0.6 is 0 Å². The monoisotopic (exact) mass is 250 g/mol. The van der Waals surface area contributed by atoms with Gasteiger partial charge in [-0.25, -0.2) is 8.42 Å². The predicted molar refractivity (Wildman–Crippen MR) is 54.0 cm³/mol. The summed E-state index contributed by atoms with van der Waals surface area (Å²) in [7, 11) is -7.60. The fraction of sp³-hybridized carbons (Fsp3) is 0.250. The molecule has 15 heavy (non-hydrogen) atoms. The molecule has 1 rings (SSSR count). The maximum atomic E-state index is 11.3. The lowest BCUT2D eigenvalue weighted by molar-refractivity contribution is 0.483. The Hall–Kier alpha value is -0.920. The predicted octanol–water partition coefficient (Wildman–Crippen LogP) is 0.727. The molecule has 0 amide bonds. The van der Waals surface area contributed by atoms with E-state index in [-0.39, 0.29) is 15.5 Å². The van der Waals surface area contributed by atoms with Gasteiger partial charge >= 0.3 is 0 Å². The average molecular weight is 250 g/mol. The van der Waals surface area contributed by atoms with Crippen molar-refractivity contribution in [3.63, 3.8) is 0 Å². The Morgan fingerprint density at radius 1 is 1.00 bits per heavy atom. The van der Waals surface area contributed by atoms with Gasteiger partial charge in [0.15, 0.2) is 9.84 Å². The van der Waals surface area contributed by atoms with Gasteiger partial charge in [0, 0.05) is 0 Å². The van der Waals surface area contributed by atoms with Crippen LogP contribution in [0.5, 0.6) is 0 Å². The molecule has 0 unspecified atom stereocenters. The molecule has 0 bridgehead atoms. The molecular weight excluding hydrogens is 240 g/mol. The summed E-state index contributed by atoms with van der Waals surface area (Å²) in [5.41, 5.74) is 0. The highest BCUT2D eigenvalue weighted by Gasteiger charge is 2.14. The molecule has 0 aliphatic carbocycles. The molecule has 0 aliphatic heterocycles. The van der Waals surface area contributed by atoms with Gasteiger partial charge in [-0.05, 0) is 24.3 Å². The summed E-state index contributed by atoms with van der Waals surface area (Å²) >= 11 is 0. The summed E-state index contributed by atoms with van der Waals surface area (Å²) < 4.78 is 52.7. The van der Waals surface area contributed by atoms with E-state index in [2.05, 4.69) is 0 Å². The standard InChI is InChI=1S/C8H10O5S2/c1-2-14(9,10)7-3-5-8(6-4-7)15(11,12)13/h3-6H,2H2,1H3,(H,11,12,13). The van der Waals surface area contributed by atoms with Crippen LogP contribution in [0.1, 0.15) is 6.92 Å². The van der Waals surface area contributed by atoms with E-state index in [0.29, 0.717) is 0 Å². The lowest BCUT2D eigenvalue weighted by Crippen LogP contribution is -2.04. The van der Waals surface area contributed by atoms with Crippen LogP contribution in [0.4, 0.5) is 0 Å². The van der Waals surface area contributed by atoms with Crippen molar-refractivity contribution in [2.75, 3.05) is 5.75 Å². The van der Waals surface area contributed by atoms with Crippen LogP contribution < -0.4 is 0 Å². The highest BCUT2D eigenvalue weighted by atomic mass is 32.2. The van der Waals surface area contributed by atoms with Gasteiger partial charge in [0.25, 0.3) is 10.1 Å². The Labute approximate surface area is 88.4 Å². The van der Waals surface area contributed by atoms with Crippen LogP contribution in [0.15, 0.2) is 34.1 Å². The maximum Gasteiger partial charge on any atom is 0.294 e. The van der Waals surface area contributed by atoms with Crippen molar-refractivity contribution in [2.45, 2.75) is 16.7 Å². The Morgan fingerprint density at radius 2 is 1.40 bits per heavy atom. The van der Waals surface area contributed by atoms with Crippen LogP contribution in [0.25, 0.3) is 0 Å². The van der Waals surface area contributed by atoms with E-state index < -0.39 is 20.0 Å². The second kappa shape index (κ2) is 3.92. The highest BCUT2D eigenvalue weighted by Crippen LogP contribution is 2.15. The van der Waals surface area contributed by atoms with E-state index in [9.17, 15) is 16.8 Å². The lowest BCUT2D eigenvalue weighted by Gasteiger charge is -2.01. The smallest absolute Gasteiger partial charge is 0.282 e. The van der Waals surface area contributed by atoms with E-state index in [1.165, 1.54) is 6.92 Å². The minimum Gasteiger partial charge on any atom is -0.282 e. The maximum absolute atomic E-state index is 11.3. The van der Waals surface area contributed by atoms with E-state index in [0.717, 1.165) is 24.3 Å². The Bertz CT molecular complexity index is 539. The fourth-order valence-electron chi connectivity index (χ4n) is 0.986. The third-order valence-corrected chi connectivity index (χ3v) is 4.48. The summed E-state index contributed by atoms with van der Waals surface area (Å²) in [4.78, 5) is -0.282. The van der Waals surface area contributed by atoms with Crippen molar-refractivity contribution >= 4 is 20.0 Å². The third kappa shape index (κ3) is 2.77. The van der Waals surface area contributed by atoms with Gasteiger partial charge in [-0.1, -0.05) is 6.92 Å². The number of hydrogen-bond donors (Lipinski definition) is 1. The second-order valence-electron chi connectivity index (χ2n) is 2.85. The second-order valence-corrected chi connectivity index (χ2v) is 6.55. The number of hydrogen-bond acceptors (Lipinski definition) is 4. The summed E-state index contributed by atoms with van der Waals surface area (Å²) in [6, 6.07) is 4.42. The van der Waals surface area contributed by atoms with E-state index in [4.69, 9.17) is 4.55 Å². The minimum absolute atomic E-state index is 0.0393. The minimum atomic E-state index is -4.27. The molecule has 0 heterocycles. The van der Waals surface area contributed by atoms with Crippen molar-refractivity contribution in [3.8, 4) is 0 Å². The molecule has 0 aliphatic rings. The Balaban J connectivity index is 3.24. The van der Waals surface area contributed by atoms with Gasteiger partial charge in [0.05, 0.1) is 15.5 Å². The zero-order valence-electron chi connectivity index (χ0n) is 7.91. The van der Waals surface area contributed by atoms with E-state index in [1.807, 2.05) is 0 Å². The topological polar surface area (TPSA) is 88.5 Å². The summed E-state index contributed by atoms with van der Waals surface area (Å²) in [6.07, 6.45) is 0. The van der Waals surface area contributed by atoms with Crippen LogP contribution in [0.2, 0.25) is 0 Å². The van der Waals surface area contributed by atoms with Crippen LogP contribution in [0, 0.1) is 0 Å². The van der Waals surface area contributed by atoms with Gasteiger partial charge in [-0.15, -0.1) is 0 Å². The molecule has 1 aromatic carbocycles. The normalized spacial score (nSPS) is 12.7. The molecule has 1 aromatic rings. The first kappa shape index (κ1) is 12.2. The van der Waals surface area contributed by atoms with Crippen LogP contribution in [0.3, 0.4) is 0 Å². The molecular formula is C8H10O5S2. The molecule has 0 atom stereocenters. The first-order chi connectivity index (χ1) is 6.77. The lowest BCUT2D eigenvalue weighted by atomic mass is 10.4. The first-order valence-electron chi connectivity index (χ1n) is 4.07. The zero-order valence-corrected chi connectivity index (χ0v) is 9.55. The number of sulfone groups is 1. The Morgan fingerprint density at radius 3 is 1.73 bits per heavy atom.